The minimum Gasteiger partial charge on any atom is -0.493 e. The van der Waals surface area contributed by atoms with Crippen molar-refractivity contribution in [1.82, 2.24) is 5.32 Å². The molecule has 94 valence electrons. The number of methoxy groups -OCH3 is 2. The topological polar surface area (TPSA) is 56.8 Å². The van der Waals surface area contributed by atoms with Gasteiger partial charge in [0.05, 0.1) is 20.8 Å². The average molecular weight is 239 g/mol. The first-order valence-corrected chi connectivity index (χ1v) is 5.26. The molecule has 0 saturated carbocycles. The molecule has 0 aliphatic carbocycles. The fourth-order valence-corrected chi connectivity index (χ4v) is 1.28. The van der Waals surface area contributed by atoms with Crippen LogP contribution in [-0.2, 0) is 4.74 Å². The quantitative estimate of drug-likeness (QED) is 0.795. The second-order valence-electron chi connectivity index (χ2n) is 3.42. The highest BCUT2D eigenvalue weighted by Gasteiger charge is 2.04. The maximum Gasteiger partial charge on any atom is 0.406 e. The summed E-state index contributed by atoms with van der Waals surface area (Å²) in [6.45, 7) is 2.71. The van der Waals surface area contributed by atoms with Crippen molar-refractivity contribution in [2.75, 3.05) is 27.4 Å². The maximum absolute atomic E-state index is 10.8. The summed E-state index contributed by atoms with van der Waals surface area (Å²) in [7, 11) is 2.91. The molecule has 1 rings (SSSR count). The number of ether oxygens (including phenoxy) is 3. The third-order valence-electron chi connectivity index (χ3n) is 2.13. The van der Waals surface area contributed by atoms with Gasteiger partial charge in [0.15, 0.2) is 11.5 Å². The average Bonchev–Trinajstić information content (AvgIpc) is 2.35. The second kappa shape index (κ2) is 6.62. The molecule has 5 heteroatoms. The van der Waals surface area contributed by atoms with Gasteiger partial charge in [-0.25, -0.2) is 4.79 Å². The Morgan fingerprint density at radius 3 is 2.71 bits per heavy atom. The molecule has 1 aromatic carbocycles. The number of amides is 1. The lowest BCUT2D eigenvalue weighted by Crippen LogP contribution is -2.27. The van der Waals surface area contributed by atoms with Crippen molar-refractivity contribution in [3.8, 4) is 11.5 Å². The molecule has 0 aliphatic heterocycles. The van der Waals surface area contributed by atoms with Crippen LogP contribution >= 0.6 is 0 Å². The normalized spacial score (nSPS) is 9.59. The Bertz CT molecular complexity index is 379. The summed E-state index contributed by atoms with van der Waals surface area (Å²) in [6, 6.07) is 5.67. The van der Waals surface area contributed by atoms with Gasteiger partial charge in [-0.15, -0.1) is 0 Å². The van der Waals surface area contributed by atoms with Crippen LogP contribution in [-0.4, -0.2) is 33.5 Å². The van der Waals surface area contributed by atoms with E-state index in [1.165, 1.54) is 7.11 Å². The molecule has 0 spiro atoms. The van der Waals surface area contributed by atoms with Crippen molar-refractivity contribution < 1.29 is 19.0 Å². The summed E-state index contributed by atoms with van der Waals surface area (Å²) in [5.41, 5.74) is 1.10. The highest BCUT2D eigenvalue weighted by atomic mass is 16.5. The number of carbonyl (C=O) groups excluding carboxylic acids is 1. The van der Waals surface area contributed by atoms with E-state index in [1.807, 2.05) is 25.1 Å². The lowest BCUT2D eigenvalue weighted by Gasteiger charge is -2.11. The van der Waals surface area contributed by atoms with E-state index in [-0.39, 0.29) is 0 Å². The fourth-order valence-electron chi connectivity index (χ4n) is 1.28. The van der Waals surface area contributed by atoms with Crippen LogP contribution in [0.1, 0.15) is 5.56 Å². The lowest BCUT2D eigenvalue weighted by atomic mass is 10.2. The van der Waals surface area contributed by atoms with Gasteiger partial charge in [-0.05, 0) is 24.6 Å². The summed E-state index contributed by atoms with van der Waals surface area (Å²) in [5, 5.41) is 2.52. The third-order valence-corrected chi connectivity index (χ3v) is 2.13. The lowest BCUT2D eigenvalue weighted by molar-refractivity contribution is 0.168. The standard InChI is InChI=1S/C12H17NO4/c1-9-4-5-10(11(8-9)15-2)17-7-6-13-12(14)16-3/h4-5,8H,6-7H2,1-3H3,(H,13,14). The fraction of sp³-hybridized carbons (Fsp3) is 0.417. The molecule has 1 aromatic rings. The van der Waals surface area contributed by atoms with Crippen LogP contribution in [0.15, 0.2) is 18.2 Å². The van der Waals surface area contributed by atoms with Gasteiger partial charge in [-0.3, -0.25) is 0 Å². The Balaban J connectivity index is 2.43. The first-order valence-electron chi connectivity index (χ1n) is 5.26. The van der Waals surface area contributed by atoms with E-state index in [2.05, 4.69) is 10.1 Å². The van der Waals surface area contributed by atoms with Crippen LogP contribution in [0.2, 0.25) is 0 Å². The van der Waals surface area contributed by atoms with Crippen molar-refractivity contribution >= 4 is 6.09 Å². The van der Waals surface area contributed by atoms with Crippen molar-refractivity contribution in [1.29, 1.82) is 0 Å². The molecule has 0 fully saturated rings. The first kappa shape index (κ1) is 13.2. The highest BCUT2D eigenvalue weighted by molar-refractivity contribution is 5.66. The maximum atomic E-state index is 10.8. The smallest absolute Gasteiger partial charge is 0.406 e. The monoisotopic (exact) mass is 239 g/mol. The summed E-state index contributed by atoms with van der Waals surface area (Å²) in [6.07, 6.45) is -0.468. The van der Waals surface area contributed by atoms with E-state index in [9.17, 15) is 4.79 Å². The molecule has 1 amide bonds. The highest BCUT2D eigenvalue weighted by Crippen LogP contribution is 2.27. The SMILES string of the molecule is COC(=O)NCCOc1ccc(C)cc1OC. The Labute approximate surface area is 101 Å². The number of hydrogen-bond acceptors (Lipinski definition) is 4. The molecular weight excluding hydrogens is 222 g/mol. The molecule has 0 atom stereocenters. The van der Waals surface area contributed by atoms with Crippen molar-refractivity contribution in [3.63, 3.8) is 0 Å². The zero-order valence-electron chi connectivity index (χ0n) is 10.3. The molecule has 0 saturated heterocycles. The van der Waals surface area contributed by atoms with Gasteiger partial charge >= 0.3 is 6.09 Å². The number of aryl methyl sites for hydroxylation is 1. The predicted molar refractivity (Wildman–Crippen MR) is 63.6 cm³/mol. The van der Waals surface area contributed by atoms with Gasteiger partial charge in [0.1, 0.15) is 6.61 Å². The molecular formula is C12H17NO4. The molecule has 1 N–H and O–H groups in total. The largest absolute Gasteiger partial charge is 0.493 e. The predicted octanol–water partition coefficient (Wildman–Crippen LogP) is 1.74. The molecule has 0 aromatic heterocycles. The number of alkyl carbamates (subject to hydrolysis) is 1. The van der Waals surface area contributed by atoms with Gasteiger partial charge < -0.3 is 19.5 Å². The third kappa shape index (κ3) is 4.22. The van der Waals surface area contributed by atoms with Gasteiger partial charge in [-0.1, -0.05) is 6.07 Å². The van der Waals surface area contributed by atoms with Crippen LogP contribution in [0.5, 0.6) is 11.5 Å². The minimum atomic E-state index is -0.468. The van der Waals surface area contributed by atoms with E-state index < -0.39 is 6.09 Å². The van der Waals surface area contributed by atoms with Gasteiger partial charge in [0, 0.05) is 0 Å². The zero-order valence-corrected chi connectivity index (χ0v) is 10.3. The minimum absolute atomic E-state index is 0.356. The number of benzene rings is 1. The molecule has 5 nitrogen and oxygen atoms in total. The number of carbonyl (C=O) groups is 1. The van der Waals surface area contributed by atoms with E-state index in [4.69, 9.17) is 9.47 Å². The van der Waals surface area contributed by atoms with Gasteiger partial charge in [0.2, 0.25) is 0 Å². The Kier molecular flexibility index (Phi) is 5.13. The molecule has 0 radical (unpaired) electrons. The Morgan fingerprint density at radius 1 is 1.29 bits per heavy atom. The Morgan fingerprint density at radius 2 is 2.06 bits per heavy atom. The number of rotatable bonds is 5. The molecule has 0 heterocycles. The van der Waals surface area contributed by atoms with E-state index in [1.54, 1.807) is 7.11 Å². The number of hydrogen-bond donors (Lipinski definition) is 1. The Hall–Kier alpha value is -1.91. The molecule has 17 heavy (non-hydrogen) atoms. The van der Waals surface area contributed by atoms with E-state index in [0.717, 1.165) is 5.56 Å². The first-order chi connectivity index (χ1) is 8.17. The molecule has 0 bridgehead atoms. The van der Waals surface area contributed by atoms with Gasteiger partial charge in [-0.2, -0.15) is 0 Å². The second-order valence-corrected chi connectivity index (χ2v) is 3.42. The summed E-state index contributed by atoms with van der Waals surface area (Å²) in [4.78, 5) is 10.8. The summed E-state index contributed by atoms with van der Waals surface area (Å²) >= 11 is 0. The van der Waals surface area contributed by atoms with Crippen molar-refractivity contribution in [3.05, 3.63) is 23.8 Å². The van der Waals surface area contributed by atoms with Crippen LogP contribution < -0.4 is 14.8 Å². The zero-order chi connectivity index (χ0) is 12.7. The van der Waals surface area contributed by atoms with Crippen LogP contribution in [0, 0.1) is 6.92 Å². The van der Waals surface area contributed by atoms with Crippen molar-refractivity contribution in [2.45, 2.75) is 6.92 Å². The van der Waals surface area contributed by atoms with E-state index >= 15 is 0 Å². The van der Waals surface area contributed by atoms with Crippen LogP contribution in [0.3, 0.4) is 0 Å². The summed E-state index contributed by atoms with van der Waals surface area (Å²) < 4.78 is 15.1. The van der Waals surface area contributed by atoms with Crippen LogP contribution in [0.25, 0.3) is 0 Å². The molecule has 0 unspecified atom stereocenters. The summed E-state index contributed by atoms with van der Waals surface area (Å²) in [5.74, 6) is 1.34. The van der Waals surface area contributed by atoms with E-state index in [0.29, 0.717) is 24.7 Å². The van der Waals surface area contributed by atoms with Crippen LogP contribution in [0.4, 0.5) is 4.79 Å². The van der Waals surface area contributed by atoms with Gasteiger partial charge in [0.25, 0.3) is 0 Å². The van der Waals surface area contributed by atoms with Crippen molar-refractivity contribution in [2.24, 2.45) is 0 Å². The number of nitrogens with one attached hydrogen (secondary N) is 1. The molecule has 0 aliphatic rings.